The van der Waals surface area contributed by atoms with Gasteiger partial charge in [-0.2, -0.15) is 13.2 Å². The zero-order valence-electron chi connectivity index (χ0n) is 19.9. The van der Waals surface area contributed by atoms with Gasteiger partial charge >= 0.3 is 6.18 Å². The van der Waals surface area contributed by atoms with E-state index in [9.17, 15) is 27.2 Å². The number of halogens is 4. The van der Waals surface area contributed by atoms with E-state index in [2.05, 4.69) is 25.3 Å². The lowest BCUT2D eigenvalue weighted by molar-refractivity contribution is -0.138. The van der Waals surface area contributed by atoms with Gasteiger partial charge in [0.2, 0.25) is 0 Å². The summed E-state index contributed by atoms with van der Waals surface area (Å²) in [6, 6.07) is 0.523. The number of fused-ring (bicyclic) bond motifs is 1. The lowest BCUT2D eigenvalue weighted by Crippen LogP contribution is -2.48. The van der Waals surface area contributed by atoms with Crippen molar-refractivity contribution < 1.29 is 27.1 Å². The van der Waals surface area contributed by atoms with Crippen molar-refractivity contribution in [2.24, 2.45) is 0 Å². The van der Waals surface area contributed by atoms with Crippen LogP contribution in [0.25, 0.3) is 11.0 Å². The van der Waals surface area contributed by atoms with E-state index >= 15 is 0 Å². The lowest BCUT2D eigenvalue weighted by atomic mass is 10.1. The number of rotatable bonds is 4. The molecule has 0 unspecified atom stereocenters. The Morgan fingerprint density at radius 1 is 1.22 bits per heavy atom. The number of aryl methyl sites for hydroxylation is 1. The second kappa shape index (κ2) is 9.45. The van der Waals surface area contributed by atoms with Crippen LogP contribution < -0.4 is 10.9 Å². The number of nitrogens with one attached hydrogen (secondary N) is 2. The molecule has 3 aromatic heterocycles. The number of aromatic amines is 1. The maximum absolute atomic E-state index is 14.9. The smallest absolute Gasteiger partial charge is 0.372 e. The largest absolute Gasteiger partial charge is 0.418 e. The van der Waals surface area contributed by atoms with E-state index in [1.807, 2.05) is 13.8 Å². The molecular formula is C23H24F4N6O3. The molecule has 1 amide bonds. The molecule has 0 aliphatic carbocycles. The maximum Gasteiger partial charge on any atom is 0.418 e. The van der Waals surface area contributed by atoms with Crippen LogP contribution in [0.4, 0.5) is 23.4 Å². The minimum absolute atomic E-state index is 0.000193. The summed E-state index contributed by atoms with van der Waals surface area (Å²) < 4.78 is 61.9. The number of carbonyl (C=O) groups excluding carboxylic acids is 1. The van der Waals surface area contributed by atoms with Crippen molar-refractivity contribution in [3.63, 3.8) is 0 Å². The van der Waals surface area contributed by atoms with Gasteiger partial charge in [-0.05, 0) is 39.8 Å². The van der Waals surface area contributed by atoms with Crippen LogP contribution in [0.1, 0.15) is 54.3 Å². The minimum Gasteiger partial charge on any atom is -0.372 e. The summed E-state index contributed by atoms with van der Waals surface area (Å²) in [5.74, 6) is -1.58. The first kappa shape index (κ1) is 25.5. The molecule has 4 rings (SSSR count). The third-order valence-electron chi connectivity index (χ3n) is 5.69. The highest BCUT2D eigenvalue weighted by Gasteiger charge is 2.37. The van der Waals surface area contributed by atoms with Crippen LogP contribution in [-0.2, 0) is 10.9 Å². The van der Waals surface area contributed by atoms with Crippen molar-refractivity contribution in [2.75, 3.05) is 18.4 Å². The van der Waals surface area contributed by atoms with Gasteiger partial charge in [-0.1, -0.05) is 0 Å². The van der Waals surface area contributed by atoms with E-state index in [1.54, 1.807) is 0 Å². The quantitative estimate of drug-likeness (QED) is 0.518. The zero-order valence-corrected chi connectivity index (χ0v) is 19.9. The highest BCUT2D eigenvalue weighted by atomic mass is 19.4. The van der Waals surface area contributed by atoms with E-state index in [-0.39, 0.29) is 40.4 Å². The number of H-pyrrole nitrogens is 1. The summed E-state index contributed by atoms with van der Waals surface area (Å²) in [5.41, 5.74) is -2.82. The van der Waals surface area contributed by atoms with Gasteiger partial charge in [0.1, 0.15) is 5.82 Å². The van der Waals surface area contributed by atoms with Crippen molar-refractivity contribution >= 4 is 22.8 Å². The summed E-state index contributed by atoms with van der Waals surface area (Å²) in [5, 5.41) is 2.57. The Hall–Kier alpha value is -3.61. The summed E-state index contributed by atoms with van der Waals surface area (Å²) in [7, 11) is 0. The molecular weight excluding hydrogens is 484 g/mol. The Labute approximate surface area is 202 Å². The summed E-state index contributed by atoms with van der Waals surface area (Å²) >= 11 is 0. The molecule has 1 fully saturated rings. The van der Waals surface area contributed by atoms with Gasteiger partial charge in [0.25, 0.3) is 11.5 Å². The van der Waals surface area contributed by atoms with Crippen LogP contribution in [0, 0.1) is 12.7 Å². The topological polar surface area (TPSA) is 113 Å². The number of morpholine rings is 1. The summed E-state index contributed by atoms with van der Waals surface area (Å²) in [6.45, 7) is 7.09. The minimum atomic E-state index is -4.81. The van der Waals surface area contributed by atoms with Gasteiger partial charge in [0.05, 0.1) is 40.6 Å². The molecule has 0 saturated carbocycles. The van der Waals surface area contributed by atoms with Crippen molar-refractivity contribution in [1.82, 2.24) is 24.8 Å². The van der Waals surface area contributed by atoms with Crippen LogP contribution in [0.5, 0.6) is 0 Å². The van der Waals surface area contributed by atoms with Gasteiger partial charge < -0.3 is 19.9 Å². The van der Waals surface area contributed by atoms with Crippen LogP contribution in [0.2, 0.25) is 0 Å². The first-order chi connectivity index (χ1) is 16.8. The molecule has 0 bridgehead atoms. The van der Waals surface area contributed by atoms with E-state index in [4.69, 9.17) is 4.74 Å². The molecule has 0 radical (unpaired) electrons. The van der Waals surface area contributed by atoms with Crippen LogP contribution in [0.15, 0.2) is 23.1 Å². The Balaban J connectivity index is 1.63. The van der Waals surface area contributed by atoms with Crippen molar-refractivity contribution in [1.29, 1.82) is 0 Å². The fraction of sp³-hybridized carbons (Fsp3) is 0.435. The average Bonchev–Trinajstić information content (AvgIpc) is 2.77. The summed E-state index contributed by atoms with van der Waals surface area (Å²) in [6.07, 6.45) is -4.01. The van der Waals surface area contributed by atoms with E-state index in [0.29, 0.717) is 13.1 Å². The standard InChI is InChI=1S/C23H24F4N6O3/c1-10-8-33(9-11(2)36-10)22(35)14-5-16(24)20(28-7-14)29-12(3)18-15(23(25,26)27)6-17-19(32-18)21(34)31-13(4)30-17/h5-7,10-12H,8-9H2,1-4H3,(H,28,29)(H,30,31,34)/t10-,11+,12-/m0/s1. The lowest BCUT2D eigenvalue weighted by Gasteiger charge is -2.35. The Kier molecular flexibility index (Phi) is 6.69. The fourth-order valence-electron chi connectivity index (χ4n) is 4.22. The molecule has 2 N–H and O–H groups in total. The third-order valence-corrected chi connectivity index (χ3v) is 5.69. The molecule has 1 saturated heterocycles. The van der Waals surface area contributed by atoms with Crippen LogP contribution in [0.3, 0.4) is 0 Å². The van der Waals surface area contributed by atoms with Crippen LogP contribution in [-0.4, -0.2) is 56.0 Å². The SMILES string of the molecule is Cc1nc2cc(C(F)(F)F)c([C@H](C)Nc3ncc(C(=O)N4C[C@@H](C)O[C@@H](C)C4)cc3F)nc2c(=O)[nH]1. The van der Waals surface area contributed by atoms with Gasteiger partial charge in [0, 0.05) is 19.3 Å². The molecule has 13 heteroatoms. The molecule has 0 aromatic carbocycles. The second-order valence-electron chi connectivity index (χ2n) is 8.83. The molecule has 3 atom stereocenters. The van der Waals surface area contributed by atoms with Crippen LogP contribution >= 0.6 is 0 Å². The highest BCUT2D eigenvalue weighted by Crippen LogP contribution is 2.36. The number of anilines is 1. The predicted octanol–water partition coefficient (Wildman–Crippen LogP) is 3.60. The average molecular weight is 508 g/mol. The van der Waals surface area contributed by atoms with Crippen molar-refractivity contribution in [3.8, 4) is 0 Å². The molecule has 0 spiro atoms. The third kappa shape index (κ3) is 5.15. The molecule has 1 aliphatic heterocycles. The molecule has 9 nitrogen and oxygen atoms in total. The molecule has 1 aliphatic rings. The Bertz CT molecular complexity index is 1370. The second-order valence-corrected chi connectivity index (χ2v) is 8.83. The maximum atomic E-state index is 14.9. The molecule has 4 heterocycles. The molecule has 192 valence electrons. The Morgan fingerprint density at radius 2 is 1.89 bits per heavy atom. The van der Waals surface area contributed by atoms with Crippen molar-refractivity contribution in [3.05, 3.63) is 57.1 Å². The van der Waals surface area contributed by atoms with Gasteiger partial charge in [0.15, 0.2) is 17.2 Å². The predicted molar refractivity (Wildman–Crippen MR) is 122 cm³/mol. The van der Waals surface area contributed by atoms with Gasteiger partial charge in [-0.25, -0.2) is 19.3 Å². The molecule has 3 aromatic rings. The zero-order chi connectivity index (χ0) is 26.4. The molecule has 36 heavy (non-hydrogen) atoms. The number of alkyl halides is 3. The number of aromatic nitrogens is 4. The highest BCUT2D eigenvalue weighted by molar-refractivity contribution is 5.94. The monoisotopic (exact) mass is 508 g/mol. The van der Waals surface area contributed by atoms with E-state index in [0.717, 1.165) is 18.3 Å². The first-order valence-corrected chi connectivity index (χ1v) is 11.2. The number of hydrogen-bond acceptors (Lipinski definition) is 7. The number of pyridine rings is 2. The van der Waals surface area contributed by atoms with E-state index in [1.165, 1.54) is 18.7 Å². The van der Waals surface area contributed by atoms with Gasteiger partial charge in [-0.15, -0.1) is 0 Å². The summed E-state index contributed by atoms with van der Waals surface area (Å²) in [4.78, 5) is 40.8. The first-order valence-electron chi connectivity index (χ1n) is 11.2. The van der Waals surface area contributed by atoms with Gasteiger partial charge in [-0.3, -0.25) is 9.59 Å². The number of nitrogens with zero attached hydrogens (tertiary/aromatic N) is 4. The number of ether oxygens (including phenoxy) is 1. The number of amides is 1. The normalized spacial score (nSPS) is 19.4. The Morgan fingerprint density at radius 3 is 2.50 bits per heavy atom. The van der Waals surface area contributed by atoms with Crippen molar-refractivity contribution in [2.45, 2.75) is 52.1 Å². The number of hydrogen-bond donors (Lipinski definition) is 2. The van der Waals surface area contributed by atoms with E-state index < -0.39 is 40.8 Å². The fourth-order valence-corrected chi connectivity index (χ4v) is 4.22. The number of carbonyl (C=O) groups is 1.